The molecule has 1 aliphatic rings. The van der Waals surface area contributed by atoms with Gasteiger partial charge in [-0.15, -0.1) is 0 Å². The van der Waals surface area contributed by atoms with Crippen LogP contribution in [0.25, 0.3) is 6.08 Å². The summed E-state index contributed by atoms with van der Waals surface area (Å²) < 4.78 is 12.8. The van der Waals surface area contributed by atoms with Gasteiger partial charge in [-0.3, -0.25) is 0 Å². The SMILES string of the molecule is C/C(=C\C=C\c1ccccc1)[C@H]1OC(C)(C)O[C@@H]1C=C(Br)Br. The number of hydrogen-bond acceptors (Lipinski definition) is 2. The monoisotopic (exact) mass is 426 g/mol. The van der Waals surface area contributed by atoms with Crippen LogP contribution in [-0.2, 0) is 9.47 Å². The van der Waals surface area contributed by atoms with E-state index >= 15 is 0 Å². The molecule has 2 atom stereocenters. The fourth-order valence-electron chi connectivity index (χ4n) is 2.36. The molecule has 1 fully saturated rings. The van der Waals surface area contributed by atoms with Gasteiger partial charge in [-0.2, -0.15) is 0 Å². The van der Waals surface area contributed by atoms with E-state index in [1.165, 1.54) is 5.56 Å². The van der Waals surface area contributed by atoms with E-state index in [2.05, 4.69) is 63.1 Å². The molecule has 0 bridgehead atoms. The first kappa shape index (κ1) is 17.7. The third-order valence-electron chi connectivity index (χ3n) is 3.32. The summed E-state index contributed by atoms with van der Waals surface area (Å²) in [5, 5.41) is 0. The van der Waals surface area contributed by atoms with Gasteiger partial charge in [0, 0.05) is 0 Å². The van der Waals surface area contributed by atoms with E-state index in [-0.39, 0.29) is 12.2 Å². The molecule has 0 amide bonds. The summed E-state index contributed by atoms with van der Waals surface area (Å²) in [6, 6.07) is 10.2. The predicted octanol–water partition coefficient (Wildman–Crippen LogP) is 5.80. The molecule has 1 aromatic rings. The van der Waals surface area contributed by atoms with E-state index in [4.69, 9.17) is 9.47 Å². The Hall–Kier alpha value is -0.680. The smallest absolute Gasteiger partial charge is 0.164 e. The number of halogens is 2. The highest BCUT2D eigenvalue weighted by atomic mass is 79.9. The van der Waals surface area contributed by atoms with Crippen LogP contribution in [0, 0.1) is 0 Å². The topological polar surface area (TPSA) is 18.5 Å². The first-order chi connectivity index (χ1) is 10.4. The van der Waals surface area contributed by atoms with Gasteiger partial charge in [-0.25, -0.2) is 0 Å². The van der Waals surface area contributed by atoms with Crippen molar-refractivity contribution in [3.05, 3.63) is 63.1 Å². The van der Waals surface area contributed by atoms with Crippen LogP contribution in [-0.4, -0.2) is 18.0 Å². The maximum Gasteiger partial charge on any atom is 0.164 e. The summed E-state index contributed by atoms with van der Waals surface area (Å²) >= 11 is 6.78. The Morgan fingerprint density at radius 2 is 1.82 bits per heavy atom. The van der Waals surface area contributed by atoms with Crippen LogP contribution in [0.15, 0.2) is 57.5 Å². The standard InChI is InChI=1S/C18H20Br2O2/c1-13(8-7-11-14-9-5-4-6-10-14)17-15(12-16(19)20)21-18(2,3)22-17/h4-12,15,17H,1-3H3/b11-7+,13-8+/t15-,17-/m1/s1. The van der Waals surface area contributed by atoms with Gasteiger partial charge in [0.05, 0.1) is 3.39 Å². The minimum absolute atomic E-state index is 0.0967. The van der Waals surface area contributed by atoms with Gasteiger partial charge in [-0.05, 0) is 69.8 Å². The lowest BCUT2D eigenvalue weighted by atomic mass is 10.1. The fourth-order valence-corrected chi connectivity index (χ4v) is 2.88. The normalized spacial score (nSPS) is 24.7. The number of allylic oxidation sites excluding steroid dienone is 2. The minimum Gasteiger partial charge on any atom is -0.340 e. The number of ether oxygens (including phenoxy) is 2. The van der Waals surface area contributed by atoms with Crippen molar-refractivity contribution in [3.63, 3.8) is 0 Å². The Morgan fingerprint density at radius 1 is 1.14 bits per heavy atom. The van der Waals surface area contributed by atoms with Crippen LogP contribution in [0.4, 0.5) is 0 Å². The molecule has 1 aliphatic heterocycles. The molecule has 1 heterocycles. The van der Waals surface area contributed by atoms with Crippen LogP contribution >= 0.6 is 31.9 Å². The number of rotatable bonds is 4. The fraction of sp³-hybridized carbons (Fsp3) is 0.333. The molecule has 0 radical (unpaired) electrons. The van der Waals surface area contributed by atoms with Crippen LogP contribution < -0.4 is 0 Å². The van der Waals surface area contributed by atoms with Crippen LogP contribution in [0.5, 0.6) is 0 Å². The molecule has 22 heavy (non-hydrogen) atoms. The maximum atomic E-state index is 6.02. The molecule has 118 valence electrons. The summed E-state index contributed by atoms with van der Waals surface area (Å²) in [5.74, 6) is -0.584. The highest BCUT2D eigenvalue weighted by molar-refractivity contribution is 9.28. The third kappa shape index (κ3) is 5.20. The Bertz CT molecular complexity index is 584. The lowest BCUT2D eigenvalue weighted by Gasteiger charge is -2.17. The van der Waals surface area contributed by atoms with Crippen molar-refractivity contribution in [3.8, 4) is 0 Å². The van der Waals surface area contributed by atoms with Gasteiger partial charge < -0.3 is 9.47 Å². The molecule has 0 aromatic heterocycles. The Labute approximate surface area is 149 Å². The zero-order valence-corrected chi connectivity index (χ0v) is 16.1. The summed E-state index contributed by atoms with van der Waals surface area (Å²) in [5.41, 5.74) is 2.30. The molecule has 0 unspecified atom stereocenters. The van der Waals surface area contributed by atoms with Gasteiger partial charge in [0.1, 0.15) is 12.2 Å². The van der Waals surface area contributed by atoms with Crippen molar-refractivity contribution < 1.29 is 9.47 Å². The Morgan fingerprint density at radius 3 is 2.45 bits per heavy atom. The minimum atomic E-state index is -0.584. The first-order valence-corrected chi connectivity index (χ1v) is 8.74. The van der Waals surface area contributed by atoms with Crippen molar-refractivity contribution in [1.29, 1.82) is 0 Å². The maximum absolute atomic E-state index is 6.02. The lowest BCUT2D eigenvalue weighted by Crippen LogP contribution is -2.22. The average molecular weight is 428 g/mol. The molecular weight excluding hydrogens is 408 g/mol. The van der Waals surface area contributed by atoms with Gasteiger partial charge in [-0.1, -0.05) is 48.6 Å². The molecule has 0 saturated carbocycles. The quantitative estimate of drug-likeness (QED) is 0.565. The van der Waals surface area contributed by atoms with Crippen LogP contribution in [0.3, 0.4) is 0 Å². The van der Waals surface area contributed by atoms with Crippen molar-refractivity contribution >= 4 is 37.9 Å². The second-order valence-corrected chi connectivity index (χ2v) is 8.43. The molecule has 1 aromatic carbocycles. The Balaban J connectivity index is 2.12. The highest BCUT2D eigenvalue weighted by Gasteiger charge is 2.40. The first-order valence-electron chi connectivity index (χ1n) is 7.16. The van der Waals surface area contributed by atoms with Crippen LogP contribution in [0.2, 0.25) is 0 Å². The molecule has 4 heteroatoms. The van der Waals surface area contributed by atoms with Gasteiger partial charge in [0.25, 0.3) is 0 Å². The molecule has 0 aliphatic carbocycles. The number of benzene rings is 1. The predicted molar refractivity (Wildman–Crippen MR) is 99.0 cm³/mol. The average Bonchev–Trinajstić information content (AvgIpc) is 2.74. The highest BCUT2D eigenvalue weighted by Crippen LogP contribution is 2.34. The second kappa shape index (κ2) is 7.73. The Kier molecular flexibility index (Phi) is 6.21. The largest absolute Gasteiger partial charge is 0.340 e. The zero-order valence-electron chi connectivity index (χ0n) is 12.9. The molecule has 2 rings (SSSR count). The van der Waals surface area contributed by atoms with E-state index < -0.39 is 5.79 Å². The van der Waals surface area contributed by atoms with E-state index in [1.54, 1.807) is 0 Å². The van der Waals surface area contributed by atoms with Gasteiger partial charge in [0.15, 0.2) is 5.79 Å². The zero-order chi connectivity index (χ0) is 16.2. The van der Waals surface area contributed by atoms with Crippen molar-refractivity contribution in [2.75, 3.05) is 0 Å². The lowest BCUT2D eigenvalue weighted by molar-refractivity contribution is -0.139. The van der Waals surface area contributed by atoms with E-state index in [0.717, 1.165) is 8.96 Å². The van der Waals surface area contributed by atoms with Gasteiger partial charge in [0.2, 0.25) is 0 Å². The molecule has 1 saturated heterocycles. The van der Waals surface area contributed by atoms with Crippen LogP contribution in [0.1, 0.15) is 26.3 Å². The van der Waals surface area contributed by atoms with Gasteiger partial charge >= 0.3 is 0 Å². The summed E-state index contributed by atoms with van der Waals surface area (Å²) in [6.07, 6.45) is 7.95. The summed E-state index contributed by atoms with van der Waals surface area (Å²) in [6.45, 7) is 5.93. The summed E-state index contributed by atoms with van der Waals surface area (Å²) in [4.78, 5) is 0. The van der Waals surface area contributed by atoms with E-state index in [1.807, 2.05) is 44.2 Å². The van der Waals surface area contributed by atoms with Crippen molar-refractivity contribution in [2.45, 2.75) is 38.8 Å². The molecule has 0 spiro atoms. The number of hydrogen-bond donors (Lipinski definition) is 0. The summed E-state index contributed by atoms with van der Waals surface area (Å²) in [7, 11) is 0. The molecule has 2 nitrogen and oxygen atoms in total. The third-order valence-corrected chi connectivity index (χ3v) is 3.84. The van der Waals surface area contributed by atoms with Crippen molar-refractivity contribution in [1.82, 2.24) is 0 Å². The van der Waals surface area contributed by atoms with E-state index in [9.17, 15) is 0 Å². The molecular formula is C18H20Br2O2. The van der Waals surface area contributed by atoms with E-state index in [0.29, 0.717) is 0 Å². The molecule has 0 N–H and O–H groups in total. The second-order valence-electron chi connectivity index (χ2n) is 5.66. The van der Waals surface area contributed by atoms with Crippen molar-refractivity contribution in [2.24, 2.45) is 0 Å².